The van der Waals surface area contributed by atoms with E-state index >= 15 is 0 Å². The molecule has 5 heteroatoms. The number of hydrogen-bond acceptors (Lipinski definition) is 4. The average Bonchev–Trinajstić information content (AvgIpc) is 3.10. The third-order valence-electron chi connectivity index (χ3n) is 4.42. The Kier molecular flexibility index (Phi) is 5.54. The van der Waals surface area contributed by atoms with Crippen LogP contribution in [0.2, 0.25) is 0 Å². The zero-order valence-electron chi connectivity index (χ0n) is 15.4. The van der Waals surface area contributed by atoms with Gasteiger partial charge in [-0.15, -0.1) is 0 Å². The van der Waals surface area contributed by atoms with E-state index in [1.165, 1.54) is 0 Å². The zero-order chi connectivity index (χ0) is 19.2. The molecule has 0 saturated carbocycles. The number of ether oxygens (including phenoxy) is 2. The van der Waals surface area contributed by atoms with Crippen LogP contribution in [0.3, 0.4) is 0 Å². The van der Waals surface area contributed by atoms with Crippen molar-refractivity contribution < 1.29 is 14.6 Å². The Labute approximate surface area is 163 Å². The molecule has 0 bridgehead atoms. The van der Waals surface area contributed by atoms with E-state index < -0.39 is 6.10 Å². The SMILES string of the molecule is O[C@@H](COc1ccccc1)Cn1c(COc2ccccc2)nc2ccccc21. The van der Waals surface area contributed by atoms with Gasteiger partial charge >= 0.3 is 0 Å². The summed E-state index contributed by atoms with van der Waals surface area (Å²) in [5.41, 5.74) is 1.85. The van der Waals surface area contributed by atoms with Crippen LogP contribution in [-0.2, 0) is 13.2 Å². The minimum absolute atomic E-state index is 0.204. The lowest BCUT2D eigenvalue weighted by Crippen LogP contribution is -2.25. The summed E-state index contributed by atoms with van der Waals surface area (Å²) < 4.78 is 13.6. The van der Waals surface area contributed by atoms with Crippen molar-refractivity contribution in [1.82, 2.24) is 9.55 Å². The van der Waals surface area contributed by atoms with Crippen LogP contribution < -0.4 is 9.47 Å². The van der Waals surface area contributed by atoms with Crippen LogP contribution in [0, 0.1) is 0 Å². The van der Waals surface area contributed by atoms with Gasteiger partial charge in [-0.3, -0.25) is 0 Å². The fourth-order valence-electron chi connectivity index (χ4n) is 3.08. The van der Waals surface area contributed by atoms with Crippen molar-refractivity contribution in [2.75, 3.05) is 6.61 Å². The van der Waals surface area contributed by atoms with E-state index in [4.69, 9.17) is 9.47 Å². The predicted octanol–water partition coefficient (Wildman–Crippen LogP) is 4.06. The highest BCUT2D eigenvalue weighted by atomic mass is 16.5. The first-order valence-corrected chi connectivity index (χ1v) is 9.27. The van der Waals surface area contributed by atoms with Gasteiger partial charge in [0.1, 0.15) is 36.6 Å². The molecule has 4 rings (SSSR count). The van der Waals surface area contributed by atoms with E-state index in [2.05, 4.69) is 4.98 Å². The minimum Gasteiger partial charge on any atom is -0.491 e. The van der Waals surface area contributed by atoms with Gasteiger partial charge in [0.2, 0.25) is 0 Å². The fourth-order valence-corrected chi connectivity index (χ4v) is 3.08. The Hall–Kier alpha value is -3.31. The van der Waals surface area contributed by atoms with E-state index in [0.717, 1.165) is 28.4 Å². The molecule has 5 nitrogen and oxygen atoms in total. The van der Waals surface area contributed by atoms with Crippen molar-refractivity contribution in [2.24, 2.45) is 0 Å². The molecule has 1 heterocycles. The van der Waals surface area contributed by atoms with Crippen LogP contribution in [0.1, 0.15) is 5.82 Å². The molecule has 28 heavy (non-hydrogen) atoms. The minimum atomic E-state index is -0.673. The molecule has 0 aliphatic rings. The topological polar surface area (TPSA) is 56.5 Å². The Morgan fingerprint density at radius 2 is 1.39 bits per heavy atom. The molecule has 0 aliphatic carbocycles. The molecule has 4 aromatic rings. The maximum absolute atomic E-state index is 10.5. The first-order chi connectivity index (χ1) is 13.8. The number of benzene rings is 3. The van der Waals surface area contributed by atoms with Crippen LogP contribution in [0.4, 0.5) is 0 Å². The number of fused-ring (bicyclic) bond motifs is 1. The predicted molar refractivity (Wildman–Crippen MR) is 108 cm³/mol. The highest BCUT2D eigenvalue weighted by Gasteiger charge is 2.15. The number of nitrogens with zero attached hydrogens (tertiary/aromatic N) is 2. The van der Waals surface area contributed by atoms with Gasteiger partial charge in [0, 0.05) is 0 Å². The molecule has 1 atom stereocenters. The summed E-state index contributed by atoms with van der Waals surface area (Å²) >= 11 is 0. The van der Waals surface area contributed by atoms with Gasteiger partial charge in [0.25, 0.3) is 0 Å². The molecule has 0 unspecified atom stereocenters. The lowest BCUT2D eigenvalue weighted by molar-refractivity contribution is 0.0917. The number of para-hydroxylation sites is 4. The first kappa shape index (κ1) is 18.1. The molecule has 3 aromatic carbocycles. The standard InChI is InChI=1S/C23H22N2O3/c26-18(16-27-19-9-3-1-4-10-19)15-25-22-14-8-7-13-21(22)24-23(25)17-28-20-11-5-2-6-12-20/h1-14,18,26H,15-17H2/t18-/m1/s1. The van der Waals surface area contributed by atoms with Crippen molar-refractivity contribution in [3.63, 3.8) is 0 Å². The largest absolute Gasteiger partial charge is 0.491 e. The van der Waals surface area contributed by atoms with Crippen LogP contribution in [-0.4, -0.2) is 27.4 Å². The number of aromatic nitrogens is 2. The van der Waals surface area contributed by atoms with Crippen LogP contribution in [0.25, 0.3) is 11.0 Å². The van der Waals surface area contributed by atoms with E-state index in [0.29, 0.717) is 13.2 Å². The summed E-state index contributed by atoms with van der Waals surface area (Å²) in [5, 5.41) is 10.5. The smallest absolute Gasteiger partial charge is 0.148 e. The zero-order valence-corrected chi connectivity index (χ0v) is 15.4. The van der Waals surface area contributed by atoms with Gasteiger partial charge in [-0.1, -0.05) is 48.5 Å². The summed E-state index contributed by atoms with van der Waals surface area (Å²) in [7, 11) is 0. The van der Waals surface area contributed by atoms with Gasteiger partial charge in [-0.25, -0.2) is 4.98 Å². The Morgan fingerprint density at radius 1 is 0.786 bits per heavy atom. The molecule has 0 spiro atoms. The van der Waals surface area contributed by atoms with Crippen molar-refractivity contribution in [3.05, 3.63) is 90.8 Å². The molecular weight excluding hydrogens is 352 g/mol. The maximum atomic E-state index is 10.5. The Morgan fingerprint density at radius 3 is 2.11 bits per heavy atom. The highest BCUT2D eigenvalue weighted by molar-refractivity contribution is 5.75. The summed E-state index contributed by atoms with van der Waals surface area (Å²) in [4.78, 5) is 4.69. The monoisotopic (exact) mass is 374 g/mol. The number of rotatable bonds is 8. The molecule has 142 valence electrons. The summed E-state index contributed by atoms with van der Waals surface area (Å²) in [5.74, 6) is 2.29. The van der Waals surface area contributed by atoms with Crippen molar-refractivity contribution in [3.8, 4) is 11.5 Å². The summed E-state index contributed by atoms with van der Waals surface area (Å²) in [6.45, 7) is 0.904. The molecule has 0 amide bonds. The van der Waals surface area contributed by atoms with Crippen LogP contribution in [0.15, 0.2) is 84.9 Å². The normalized spacial score (nSPS) is 12.0. The van der Waals surface area contributed by atoms with Crippen molar-refractivity contribution in [1.29, 1.82) is 0 Å². The molecule has 1 N–H and O–H groups in total. The summed E-state index contributed by atoms with van der Waals surface area (Å²) in [6, 6.07) is 27.0. The quantitative estimate of drug-likeness (QED) is 0.505. The average molecular weight is 374 g/mol. The Bertz CT molecular complexity index is 1020. The van der Waals surface area contributed by atoms with Gasteiger partial charge in [0.05, 0.1) is 17.6 Å². The lowest BCUT2D eigenvalue weighted by atomic mass is 10.3. The van der Waals surface area contributed by atoms with Gasteiger partial charge in [0.15, 0.2) is 0 Å². The van der Waals surface area contributed by atoms with Crippen molar-refractivity contribution in [2.45, 2.75) is 19.3 Å². The highest BCUT2D eigenvalue weighted by Crippen LogP contribution is 2.19. The fraction of sp³-hybridized carbons (Fsp3) is 0.174. The van der Waals surface area contributed by atoms with Crippen LogP contribution in [0.5, 0.6) is 11.5 Å². The van der Waals surface area contributed by atoms with E-state index in [-0.39, 0.29) is 6.61 Å². The second-order valence-electron chi connectivity index (χ2n) is 6.51. The molecule has 0 aliphatic heterocycles. The number of hydrogen-bond donors (Lipinski definition) is 1. The molecular formula is C23H22N2O3. The number of imidazole rings is 1. The maximum Gasteiger partial charge on any atom is 0.148 e. The second-order valence-corrected chi connectivity index (χ2v) is 6.51. The molecule has 0 fully saturated rings. The third kappa shape index (κ3) is 4.32. The van der Waals surface area contributed by atoms with Crippen LogP contribution >= 0.6 is 0 Å². The van der Waals surface area contributed by atoms with Gasteiger partial charge in [-0.2, -0.15) is 0 Å². The van der Waals surface area contributed by atoms with E-state index in [9.17, 15) is 5.11 Å². The van der Waals surface area contributed by atoms with E-state index in [1.807, 2.05) is 89.5 Å². The number of aliphatic hydroxyl groups excluding tert-OH is 1. The van der Waals surface area contributed by atoms with Crippen molar-refractivity contribution >= 4 is 11.0 Å². The molecule has 0 radical (unpaired) electrons. The summed E-state index contributed by atoms with van der Waals surface area (Å²) in [6.07, 6.45) is -0.673. The van der Waals surface area contributed by atoms with Gasteiger partial charge < -0.3 is 19.1 Å². The second kappa shape index (κ2) is 8.59. The number of aliphatic hydroxyl groups is 1. The lowest BCUT2D eigenvalue weighted by Gasteiger charge is -2.16. The first-order valence-electron chi connectivity index (χ1n) is 9.27. The van der Waals surface area contributed by atoms with E-state index in [1.54, 1.807) is 0 Å². The van der Waals surface area contributed by atoms with Gasteiger partial charge in [-0.05, 0) is 36.4 Å². The third-order valence-corrected chi connectivity index (χ3v) is 4.42. The Balaban J connectivity index is 1.49. The molecule has 0 saturated heterocycles. The molecule has 1 aromatic heterocycles.